The number of nitrogens with one attached hydrogen (secondary N) is 3. The molecule has 30 heavy (non-hydrogen) atoms. The maximum Gasteiger partial charge on any atom is 0.213 e. The number of pyridine rings is 1. The highest BCUT2D eigenvalue weighted by atomic mass is 32.2. The first-order valence-electron chi connectivity index (χ1n) is 10.5. The van der Waals surface area contributed by atoms with E-state index >= 15 is 0 Å². The van der Waals surface area contributed by atoms with Gasteiger partial charge in [-0.05, 0) is 43.9 Å². The summed E-state index contributed by atoms with van der Waals surface area (Å²) < 4.78 is 32.8. The Bertz CT molecular complexity index is 937. The monoisotopic (exact) mass is 433 g/mol. The zero-order valence-electron chi connectivity index (χ0n) is 17.4. The van der Waals surface area contributed by atoms with Crippen LogP contribution in [0, 0.1) is 0 Å². The van der Waals surface area contributed by atoms with E-state index in [0.717, 1.165) is 35.7 Å². The van der Waals surface area contributed by atoms with Crippen molar-refractivity contribution in [1.29, 1.82) is 0 Å². The first-order chi connectivity index (χ1) is 14.6. The maximum atomic E-state index is 12.3. The van der Waals surface area contributed by atoms with Crippen molar-refractivity contribution in [2.75, 3.05) is 32.0 Å². The van der Waals surface area contributed by atoms with Crippen LogP contribution in [0.1, 0.15) is 31.7 Å². The van der Waals surface area contributed by atoms with E-state index in [0.29, 0.717) is 32.2 Å². The second-order valence-electron chi connectivity index (χ2n) is 7.27. The molecular formula is C21H31N5O3S. The SMILES string of the molecule is CCNC(=NCc1ccnc2ccccc12)NCCS(=O)(=O)NCC1CCCCO1. The molecule has 164 valence electrons. The number of aromatic nitrogens is 1. The Morgan fingerprint density at radius 3 is 2.90 bits per heavy atom. The fourth-order valence-electron chi connectivity index (χ4n) is 3.36. The van der Waals surface area contributed by atoms with Crippen LogP contribution in [0.15, 0.2) is 41.5 Å². The minimum atomic E-state index is -3.37. The Morgan fingerprint density at radius 2 is 2.10 bits per heavy atom. The molecule has 1 fully saturated rings. The van der Waals surface area contributed by atoms with Gasteiger partial charge in [0.05, 0.1) is 23.9 Å². The van der Waals surface area contributed by atoms with Crippen molar-refractivity contribution < 1.29 is 13.2 Å². The lowest BCUT2D eigenvalue weighted by Gasteiger charge is -2.22. The molecule has 0 aliphatic carbocycles. The largest absolute Gasteiger partial charge is 0.377 e. The number of hydrogen-bond donors (Lipinski definition) is 3. The van der Waals surface area contributed by atoms with Crippen LogP contribution in [0.2, 0.25) is 0 Å². The van der Waals surface area contributed by atoms with Gasteiger partial charge in [-0.25, -0.2) is 18.1 Å². The van der Waals surface area contributed by atoms with Crippen molar-refractivity contribution in [1.82, 2.24) is 20.3 Å². The van der Waals surface area contributed by atoms with E-state index in [1.807, 2.05) is 37.3 Å². The summed E-state index contributed by atoms with van der Waals surface area (Å²) in [5, 5.41) is 7.33. The van der Waals surface area contributed by atoms with E-state index in [4.69, 9.17) is 4.74 Å². The molecule has 1 aromatic heterocycles. The summed E-state index contributed by atoms with van der Waals surface area (Å²) in [6.45, 7) is 4.45. The standard InChI is InChI=1S/C21H31N5O3S/c1-2-22-21(25-15-17-10-11-23-20-9-4-3-8-19(17)20)24-12-14-30(27,28)26-16-18-7-5-6-13-29-18/h3-4,8-11,18,26H,2,5-7,12-16H2,1H3,(H2,22,24,25). The van der Waals surface area contributed by atoms with Crippen molar-refractivity contribution in [2.45, 2.75) is 38.8 Å². The number of rotatable bonds is 9. The Morgan fingerprint density at radius 1 is 1.23 bits per heavy atom. The third-order valence-electron chi connectivity index (χ3n) is 4.96. The van der Waals surface area contributed by atoms with E-state index in [1.54, 1.807) is 6.20 Å². The number of aliphatic imine (C=N–C) groups is 1. The molecule has 0 bridgehead atoms. The average molecular weight is 434 g/mol. The number of benzene rings is 1. The molecule has 1 aliphatic rings. The van der Waals surface area contributed by atoms with Gasteiger partial charge in [-0.15, -0.1) is 0 Å². The molecule has 2 heterocycles. The van der Waals surface area contributed by atoms with Crippen molar-refractivity contribution in [3.05, 3.63) is 42.1 Å². The number of guanidine groups is 1. The summed E-state index contributed by atoms with van der Waals surface area (Å²) in [6.07, 6.45) is 4.80. The third kappa shape index (κ3) is 6.93. The summed E-state index contributed by atoms with van der Waals surface area (Å²) in [6, 6.07) is 9.90. The fraction of sp³-hybridized carbons (Fsp3) is 0.524. The predicted octanol–water partition coefficient (Wildman–Crippen LogP) is 1.78. The van der Waals surface area contributed by atoms with Crippen LogP contribution in [0.25, 0.3) is 10.9 Å². The second-order valence-corrected chi connectivity index (χ2v) is 9.19. The molecule has 0 saturated carbocycles. The van der Waals surface area contributed by atoms with Crippen LogP contribution in [-0.4, -0.2) is 57.5 Å². The Kier molecular flexibility index (Phi) is 8.41. The van der Waals surface area contributed by atoms with Gasteiger partial charge in [-0.1, -0.05) is 18.2 Å². The summed E-state index contributed by atoms with van der Waals surface area (Å²) in [5.41, 5.74) is 2.00. The minimum Gasteiger partial charge on any atom is -0.377 e. The Labute approximate surface area is 178 Å². The normalized spacial score (nSPS) is 17.8. The zero-order chi connectivity index (χ0) is 21.2. The third-order valence-corrected chi connectivity index (χ3v) is 6.31. The smallest absolute Gasteiger partial charge is 0.213 e. The van der Waals surface area contributed by atoms with Crippen molar-refractivity contribution in [3.8, 4) is 0 Å². The molecule has 2 aromatic rings. The number of sulfonamides is 1. The lowest BCUT2D eigenvalue weighted by molar-refractivity contribution is 0.0200. The van der Waals surface area contributed by atoms with E-state index in [1.165, 1.54) is 0 Å². The van der Waals surface area contributed by atoms with Crippen LogP contribution >= 0.6 is 0 Å². The highest BCUT2D eigenvalue weighted by molar-refractivity contribution is 7.89. The molecule has 8 nitrogen and oxygen atoms in total. The van der Waals surface area contributed by atoms with Crippen LogP contribution in [0.5, 0.6) is 0 Å². The highest BCUT2D eigenvalue weighted by Gasteiger charge is 2.17. The maximum absolute atomic E-state index is 12.3. The van der Waals surface area contributed by atoms with Crippen molar-refractivity contribution in [3.63, 3.8) is 0 Å². The van der Waals surface area contributed by atoms with Gasteiger partial charge in [0, 0.05) is 37.8 Å². The van der Waals surface area contributed by atoms with E-state index in [2.05, 4.69) is 25.3 Å². The number of ether oxygens (including phenoxy) is 1. The second kappa shape index (κ2) is 11.2. The van der Waals surface area contributed by atoms with Gasteiger partial charge in [0.15, 0.2) is 5.96 Å². The molecule has 1 atom stereocenters. The first-order valence-corrected chi connectivity index (χ1v) is 12.2. The Hall–Kier alpha value is -2.23. The molecule has 1 aliphatic heterocycles. The van der Waals surface area contributed by atoms with Crippen LogP contribution < -0.4 is 15.4 Å². The van der Waals surface area contributed by atoms with Gasteiger partial charge in [-0.2, -0.15) is 0 Å². The van der Waals surface area contributed by atoms with E-state index in [9.17, 15) is 8.42 Å². The van der Waals surface area contributed by atoms with E-state index in [-0.39, 0.29) is 18.4 Å². The van der Waals surface area contributed by atoms with E-state index < -0.39 is 10.0 Å². The minimum absolute atomic E-state index is 0.0180. The molecule has 1 aromatic carbocycles. The average Bonchev–Trinajstić information content (AvgIpc) is 2.77. The molecule has 0 radical (unpaired) electrons. The first kappa shape index (κ1) is 22.5. The molecule has 0 spiro atoms. The lowest BCUT2D eigenvalue weighted by atomic mass is 10.1. The van der Waals surface area contributed by atoms with Crippen molar-refractivity contribution >= 4 is 26.9 Å². The summed E-state index contributed by atoms with van der Waals surface area (Å²) in [5.74, 6) is 0.562. The molecule has 1 saturated heterocycles. The molecule has 1 unspecified atom stereocenters. The molecule has 0 amide bonds. The molecule has 3 N–H and O–H groups in total. The fourth-order valence-corrected chi connectivity index (χ4v) is 4.32. The molecule has 3 rings (SSSR count). The Balaban J connectivity index is 1.52. The number of hydrogen-bond acceptors (Lipinski definition) is 5. The quantitative estimate of drug-likeness (QED) is 0.411. The van der Waals surface area contributed by atoms with Crippen molar-refractivity contribution in [2.24, 2.45) is 4.99 Å². The number of para-hydroxylation sites is 1. The van der Waals surface area contributed by atoms with Crippen LogP contribution in [0.3, 0.4) is 0 Å². The number of nitrogens with zero attached hydrogens (tertiary/aromatic N) is 2. The van der Waals surface area contributed by atoms with Gasteiger partial charge in [0.1, 0.15) is 0 Å². The summed E-state index contributed by atoms with van der Waals surface area (Å²) in [7, 11) is -3.37. The molecular weight excluding hydrogens is 402 g/mol. The summed E-state index contributed by atoms with van der Waals surface area (Å²) in [4.78, 5) is 8.98. The van der Waals surface area contributed by atoms with Gasteiger partial charge >= 0.3 is 0 Å². The highest BCUT2D eigenvalue weighted by Crippen LogP contribution is 2.16. The zero-order valence-corrected chi connectivity index (χ0v) is 18.2. The van der Waals surface area contributed by atoms with Gasteiger partial charge < -0.3 is 15.4 Å². The van der Waals surface area contributed by atoms with Crippen LogP contribution in [0.4, 0.5) is 0 Å². The topological polar surface area (TPSA) is 105 Å². The van der Waals surface area contributed by atoms with Gasteiger partial charge in [0.25, 0.3) is 0 Å². The van der Waals surface area contributed by atoms with Gasteiger partial charge in [-0.3, -0.25) is 4.98 Å². The number of fused-ring (bicyclic) bond motifs is 1. The lowest BCUT2D eigenvalue weighted by Crippen LogP contribution is -2.42. The molecule has 9 heteroatoms. The van der Waals surface area contributed by atoms with Crippen LogP contribution in [-0.2, 0) is 21.3 Å². The summed E-state index contributed by atoms with van der Waals surface area (Å²) >= 11 is 0. The predicted molar refractivity (Wildman–Crippen MR) is 120 cm³/mol. The van der Waals surface area contributed by atoms with Gasteiger partial charge in [0.2, 0.25) is 10.0 Å².